The zero-order valence-corrected chi connectivity index (χ0v) is 11.0. The second-order valence-corrected chi connectivity index (χ2v) is 6.89. The Balaban J connectivity index is 2.13. The molecule has 1 atom stereocenters. The van der Waals surface area contributed by atoms with Gasteiger partial charge in [-0.2, -0.15) is 11.8 Å². The topological polar surface area (TPSA) is 55.1 Å². The summed E-state index contributed by atoms with van der Waals surface area (Å²) in [6, 6.07) is 0. The van der Waals surface area contributed by atoms with Gasteiger partial charge in [-0.05, 0) is 42.9 Å². The van der Waals surface area contributed by atoms with Gasteiger partial charge in [0, 0.05) is 5.75 Å². The van der Waals surface area contributed by atoms with Crippen LogP contribution in [-0.2, 0) is 4.79 Å². The number of hydrogen-bond donors (Lipinski definition) is 2. The number of hydrogen-bond acceptors (Lipinski definition) is 3. The number of thioether (sulfide) groups is 1. The van der Waals surface area contributed by atoms with Crippen LogP contribution in [0.4, 0.5) is 0 Å². The van der Waals surface area contributed by atoms with E-state index in [9.17, 15) is 4.79 Å². The Hall–Kier alpha value is -0.220. The van der Waals surface area contributed by atoms with E-state index >= 15 is 0 Å². The highest BCUT2D eigenvalue weighted by Gasteiger charge is 2.51. The minimum absolute atomic E-state index is 0.0288. The second kappa shape index (κ2) is 4.22. The molecule has 4 heteroatoms. The van der Waals surface area contributed by atoms with Crippen molar-refractivity contribution in [1.29, 1.82) is 0 Å². The average molecular weight is 242 g/mol. The van der Waals surface area contributed by atoms with Gasteiger partial charge in [0.1, 0.15) is 5.54 Å². The van der Waals surface area contributed by atoms with E-state index in [0.29, 0.717) is 0 Å². The van der Waals surface area contributed by atoms with Gasteiger partial charge in [0.05, 0.1) is 0 Å². The zero-order chi connectivity index (χ0) is 11.8. The largest absolute Gasteiger partial charge is 0.368 e. The van der Waals surface area contributed by atoms with Crippen LogP contribution in [0.5, 0.6) is 0 Å². The molecule has 1 unspecified atom stereocenters. The number of carbonyl (C=O) groups excluding carboxylic acids is 1. The molecule has 0 radical (unpaired) electrons. The van der Waals surface area contributed by atoms with E-state index in [1.165, 1.54) is 12.8 Å². The summed E-state index contributed by atoms with van der Waals surface area (Å²) in [5.74, 6) is 2.55. The van der Waals surface area contributed by atoms with Crippen molar-refractivity contribution >= 4 is 17.7 Å². The Morgan fingerprint density at radius 1 is 1.50 bits per heavy atom. The Kier molecular flexibility index (Phi) is 3.23. The molecule has 92 valence electrons. The molecule has 16 heavy (non-hydrogen) atoms. The van der Waals surface area contributed by atoms with Crippen LogP contribution in [0.3, 0.4) is 0 Å². The maximum Gasteiger partial charge on any atom is 0.239 e. The molecule has 2 rings (SSSR count). The molecule has 1 aliphatic heterocycles. The molecule has 0 spiro atoms. The van der Waals surface area contributed by atoms with Crippen LogP contribution >= 0.6 is 11.8 Å². The van der Waals surface area contributed by atoms with E-state index in [1.54, 1.807) is 0 Å². The Morgan fingerprint density at radius 3 is 2.69 bits per heavy atom. The smallest absolute Gasteiger partial charge is 0.239 e. The molecule has 1 saturated carbocycles. The van der Waals surface area contributed by atoms with Crippen molar-refractivity contribution in [3.05, 3.63) is 0 Å². The Bertz CT molecular complexity index is 289. The third-order valence-corrected chi connectivity index (χ3v) is 5.29. The van der Waals surface area contributed by atoms with Crippen LogP contribution in [0.1, 0.15) is 33.1 Å². The molecule has 0 aromatic carbocycles. The molecule has 1 aliphatic carbocycles. The number of rotatable bonds is 4. The van der Waals surface area contributed by atoms with Gasteiger partial charge in [0.25, 0.3) is 0 Å². The lowest BCUT2D eigenvalue weighted by molar-refractivity contribution is -0.128. The molecule has 1 amide bonds. The SMILES string of the molecule is CC1(C)CCSCC1(NCC1CC1)C(N)=O. The molecular formula is C12H22N2OS. The first-order chi connectivity index (χ1) is 7.48. The number of primary amides is 1. The fraction of sp³-hybridized carbons (Fsp3) is 0.917. The Morgan fingerprint density at radius 2 is 2.19 bits per heavy atom. The predicted octanol–water partition coefficient (Wildman–Crippen LogP) is 1.37. The third-order valence-electron chi connectivity index (χ3n) is 4.16. The standard InChI is InChI=1S/C12H22N2OS/c1-11(2)5-6-16-8-12(11,10(13)15)14-7-9-3-4-9/h9,14H,3-8H2,1-2H3,(H2,13,15). The van der Waals surface area contributed by atoms with Gasteiger partial charge in [0.2, 0.25) is 5.91 Å². The quantitative estimate of drug-likeness (QED) is 0.783. The summed E-state index contributed by atoms with van der Waals surface area (Å²) < 4.78 is 0. The van der Waals surface area contributed by atoms with E-state index in [2.05, 4.69) is 19.2 Å². The lowest BCUT2D eigenvalue weighted by Crippen LogP contribution is -2.67. The number of carbonyl (C=O) groups is 1. The summed E-state index contributed by atoms with van der Waals surface area (Å²) in [5.41, 5.74) is 5.14. The average Bonchev–Trinajstić information content (AvgIpc) is 2.99. The van der Waals surface area contributed by atoms with Gasteiger partial charge < -0.3 is 11.1 Å². The molecule has 0 aromatic rings. The van der Waals surface area contributed by atoms with Gasteiger partial charge in [-0.1, -0.05) is 13.8 Å². The van der Waals surface area contributed by atoms with Crippen LogP contribution in [-0.4, -0.2) is 29.5 Å². The number of nitrogens with one attached hydrogen (secondary N) is 1. The first-order valence-corrected chi connectivity index (χ1v) is 7.26. The molecule has 3 nitrogen and oxygen atoms in total. The second-order valence-electron chi connectivity index (χ2n) is 5.78. The molecule has 0 aromatic heterocycles. The lowest BCUT2D eigenvalue weighted by Gasteiger charge is -2.48. The van der Waals surface area contributed by atoms with Crippen LogP contribution in [0.15, 0.2) is 0 Å². The van der Waals surface area contributed by atoms with E-state index in [-0.39, 0.29) is 11.3 Å². The number of nitrogens with two attached hydrogens (primary N) is 1. The van der Waals surface area contributed by atoms with Crippen molar-refractivity contribution in [3.8, 4) is 0 Å². The van der Waals surface area contributed by atoms with E-state index in [0.717, 1.165) is 30.4 Å². The monoisotopic (exact) mass is 242 g/mol. The molecular weight excluding hydrogens is 220 g/mol. The van der Waals surface area contributed by atoms with E-state index in [4.69, 9.17) is 5.73 Å². The van der Waals surface area contributed by atoms with Gasteiger partial charge >= 0.3 is 0 Å². The molecule has 2 fully saturated rings. The van der Waals surface area contributed by atoms with Crippen molar-refractivity contribution < 1.29 is 4.79 Å². The molecule has 0 bridgehead atoms. The summed E-state index contributed by atoms with van der Waals surface area (Å²) in [6.07, 6.45) is 3.66. The summed E-state index contributed by atoms with van der Waals surface area (Å²) >= 11 is 1.84. The minimum Gasteiger partial charge on any atom is -0.368 e. The van der Waals surface area contributed by atoms with Crippen LogP contribution in [0, 0.1) is 11.3 Å². The first-order valence-electron chi connectivity index (χ1n) is 6.11. The zero-order valence-electron chi connectivity index (χ0n) is 10.2. The highest BCUT2D eigenvalue weighted by molar-refractivity contribution is 7.99. The van der Waals surface area contributed by atoms with Crippen molar-refractivity contribution in [3.63, 3.8) is 0 Å². The highest BCUT2D eigenvalue weighted by Crippen LogP contribution is 2.43. The van der Waals surface area contributed by atoms with Crippen molar-refractivity contribution in [2.75, 3.05) is 18.1 Å². The van der Waals surface area contributed by atoms with Crippen LogP contribution < -0.4 is 11.1 Å². The minimum atomic E-state index is -0.501. The summed E-state index contributed by atoms with van der Waals surface area (Å²) in [5, 5.41) is 3.49. The van der Waals surface area contributed by atoms with E-state index in [1.807, 2.05) is 11.8 Å². The summed E-state index contributed by atoms with van der Waals surface area (Å²) in [6.45, 7) is 5.28. The van der Waals surface area contributed by atoms with Crippen molar-refractivity contribution in [2.45, 2.75) is 38.6 Å². The van der Waals surface area contributed by atoms with E-state index < -0.39 is 5.54 Å². The number of amides is 1. The lowest BCUT2D eigenvalue weighted by atomic mass is 9.70. The fourth-order valence-corrected chi connectivity index (χ4v) is 4.12. The predicted molar refractivity (Wildman–Crippen MR) is 68.4 cm³/mol. The third kappa shape index (κ3) is 2.09. The summed E-state index contributed by atoms with van der Waals surface area (Å²) in [4.78, 5) is 11.9. The van der Waals surface area contributed by atoms with Gasteiger partial charge in [0.15, 0.2) is 0 Å². The van der Waals surface area contributed by atoms with Gasteiger partial charge in [-0.15, -0.1) is 0 Å². The van der Waals surface area contributed by atoms with Gasteiger partial charge in [-0.25, -0.2) is 0 Å². The van der Waals surface area contributed by atoms with Crippen LogP contribution in [0.25, 0.3) is 0 Å². The first kappa shape index (κ1) is 12.2. The maximum absolute atomic E-state index is 11.9. The molecule has 3 N–H and O–H groups in total. The molecule has 1 saturated heterocycles. The van der Waals surface area contributed by atoms with Crippen molar-refractivity contribution in [2.24, 2.45) is 17.1 Å². The van der Waals surface area contributed by atoms with Crippen molar-refractivity contribution in [1.82, 2.24) is 5.32 Å². The molecule has 1 heterocycles. The molecule has 2 aliphatic rings. The highest BCUT2D eigenvalue weighted by atomic mass is 32.2. The fourth-order valence-electron chi connectivity index (χ4n) is 2.38. The summed E-state index contributed by atoms with van der Waals surface area (Å²) in [7, 11) is 0. The van der Waals surface area contributed by atoms with Gasteiger partial charge in [-0.3, -0.25) is 4.79 Å². The Labute approximate surface area is 102 Å². The maximum atomic E-state index is 11.9. The normalized spacial score (nSPS) is 33.6. The van der Waals surface area contributed by atoms with Crippen LogP contribution in [0.2, 0.25) is 0 Å².